The van der Waals surface area contributed by atoms with Crippen LogP contribution in [0.3, 0.4) is 0 Å². The summed E-state index contributed by atoms with van der Waals surface area (Å²) in [6.07, 6.45) is 53.4. The molecule has 9 nitrogen and oxygen atoms in total. The van der Waals surface area contributed by atoms with Crippen LogP contribution in [-0.4, -0.2) is 73.8 Å². The molecule has 3 fully saturated rings. The van der Waals surface area contributed by atoms with E-state index in [1.165, 1.54) is 77.0 Å². The Morgan fingerprint density at radius 2 is 0.697 bits per heavy atom. The first-order valence-corrected chi connectivity index (χ1v) is 27.8. The van der Waals surface area contributed by atoms with Gasteiger partial charge in [-0.2, -0.15) is 0 Å². The molecule has 380 valence electrons. The molecule has 3 heterocycles. The summed E-state index contributed by atoms with van der Waals surface area (Å²) < 4.78 is 34.2. The van der Waals surface area contributed by atoms with E-state index in [9.17, 15) is 14.4 Å². The number of allylic oxidation sites excluding steroid dienone is 3. The van der Waals surface area contributed by atoms with Crippen molar-refractivity contribution in [2.24, 2.45) is 0 Å². The van der Waals surface area contributed by atoms with E-state index < -0.39 is 6.10 Å². The van der Waals surface area contributed by atoms with Crippen molar-refractivity contribution in [2.75, 3.05) is 13.2 Å². The van der Waals surface area contributed by atoms with Gasteiger partial charge in [0.05, 0.1) is 36.6 Å². The van der Waals surface area contributed by atoms with Crippen molar-refractivity contribution in [1.82, 2.24) is 0 Å². The molecule has 9 heteroatoms. The van der Waals surface area contributed by atoms with Gasteiger partial charge in [-0.3, -0.25) is 14.4 Å². The smallest absolute Gasteiger partial charge is 0.306 e. The monoisotopic (exact) mass is 927 g/mol. The highest BCUT2D eigenvalue weighted by atomic mass is 16.6. The molecule has 0 bridgehead atoms. The second-order valence-corrected chi connectivity index (χ2v) is 19.6. The molecule has 3 aliphatic heterocycles. The van der Waals surface area contributed by atoms with Crippen LogP contribution in [0.15, 0.2) is 36.5 Å². The third-order valence-electron chi connectivity index (χ3n) is 13.4. The van der Waals surface area contributed by atoms with Gasteiger partial charge in [-0.25, -0.2) is 0 Å². The maximum absolute atomic E-state index is 12.9. The number of hydrogen-bond acceptors (Lipinski definition) is 9. The molecule has 66 heavy (non-hydrogen) atoms. The molecule has 0 aliphatic carbocycles. The summed E-state index contributed by atoms with van der Waals surface area (Å²) in [6, 6.07) is 0. The van der Waals surface area contributed by atoms with E-state index in [2.05, 4.69) is 57.2 Å². The molecule has 0 aromatic carbocycles. The van der Waals surface area contributed by atoms with Crippen LogP contribution in [0, 0.1) is 0 Å². The van der Waals surface area contributed by atoms with Crippen LogP contribution in [0.1, 0.15) is 252 Å². The standard InChI is InChI=1S/C57H98O9/c1-4-7-28-37-49-52(64-49)40-31-22-16-10-13-19-25-34-43-55(58)61-46-48(63-57(60)45-36-27-21-15-12-18-24-33-42-54-51(66-54)39-30-9-6-3)47-62-56(59)44-35-26-20-14-11-17-23-32-41-53-50(65-53)38-29-8-5-2/h22-24,31-33,48-54H,4-21,25-30,34-47H2,1-3H3/b31-22-,32-23-,33-24-/t49-,50-,51-,52-,53-,54-/m1/s1. The van der Waals surface area contributed by atoms with Crippen molar-refractivity contribution in [2.45, 2.75) is 295 Å². The lowest BCUT2D eigenvalue weighted by molar-refractivity contribution is -0.167. The van der Waals surface area contributed by atoms with Crippen molar-refractivity contribution in [3.63, 3.8) is 0 Å². The zero-order chi connectivity index (χ0) is 47.1. The fourth-order valence-corrected chi connectivity index (χ4v) is 8.82. The predicted molar refractivity (Wildman–Crippen MR) is 268 cm³/mol. The summed E-state index contributed by atoms with van der Waals surface area (Å²) in [5, 5.41) is 0. The van der Waals surface area contributed by atoms with Gasteiger partial charge in [-0.1, -0.05) is 173 Å². The Morgan fingerprint density at radius 1 is 0.379 bits per heavy atom. The topological polar surface area (TPSA) is 116 Å². The van der Waals surface area contributed by atoms with Gasteiger partial charge in [0.2, 0.25) is 0 Å². The largest absolute Gasteiger partial charge is 0.462 e. The number of epoxide rings is 3. The summed E-state index contributed by atoms with van der Waals surface area (Å²) in [5.41, 5.74) is 0. The van der Waals surface area contributed by atoms with E-state index in [0.29, 0.717) is 55.9 Å². The Morgan fingerprint density at radius 3 is 1.05 bits per heavy atom. The number of hydrogen-bond donors (Lipinski definition) is 0. The first-order valence-electron chi connectivity index (χ1n) is 27.8. The predicted octanol–water partition coefficient (Wildman–Crippen LogP) is 15.1. The number of rotatable bonds is 47. The summed E-state index contributed by atoms with van der Waals surface area (Å²) in [7, 11) is 0. The molecule has 0 saturated carbocycles. The van der Waals surface area contributed by atoms with Crippen molar-refractivity contribution in [3.8, 4) is 0 Å². The minimum Gasteiger partial charge on any atom is -0.462 e. The Bertz CT molecular complexity index is 1240. The Labute approximate surface area is 403 Å². The molecule has 3 aliphatic rings. The number of ether oxygens (including phenoxy) is 6. The molecule has 0 aromatic rings. The molecule has 6 atom stereocenters. The van der Waals surface area contributed by atoms with Gasteiger partial charge in [-0.15, -0.1) is 0 Å². The minimum atomic E-state index is -0.803. The number of carbonyl (C=O) groups excluding carboxylic acids is 3. The third kappa shape index (κ3) is 32.3. The fourth-order valence-electron chi connectivity index (χ4n) is 8.82. The van der Waals surface area contributed by atoms with Crippen LogP contribution >= 0.6 is 0 Å². The number of carbonyl (C=O) groups is 3. The van der Waals surface area contributed by atoms with Gasteiger partial charge < -0.3 is 28.4 Å². The van der Waals surface area contributed by atoms with Gasteiger partial charge in [0, 0.05) is 19.3 Å². The van der Waals surface area contributed by atoms with E-state index in [-0.39, 0.29) is 31.1 Å². The van der Waals surface area contributed by atoms with Crippen LogP contribution in [0.4, 0.5) is 0 Å². The van der Waals surface area contributed by atoms with E-state index in [1.807, 2.05) is 0 Å². The first-order chi connectivity index (χ1) is 32.4. The zero-order valence-electron chi connectivity index (χ0n) is 42.5. The van der Waals surface area contributed by atoms with E-state index in [0.717, 1.165) is 135 Å². The Balaban J connectivity index is 1.22. The van der Waals surface area contributed by atoms with E-state index in [1.54, 1.807) is 0 Å². The van der Waals surface area contributed by atoms with Crippen molar-refractivity contribution < 1.29 is 42.8 Å². The van der Waals surface area contributed by atoms with Gasteiger partial charge in [0.15, 0.2) is 6.10 Å². The Kier molecular flexibility index (Phi) is 34.5. The second kappa shape index (κ2) is 39.4. The normalized spacial score (nSPS) is 21.1. The molecule has 0 N–H and O–H groups in total. The molecule has 0 amide bonds. The summed E-state index contributed by atoms with van der Waals surface area (Å²) in [6.45, 7) is 6.51. The molecule has 0 unspecified atom stereocenters. The lowest BCUT2D eigenvalue weighted by atomic mass is 10.1. The van der Waals surface area contributed by atoms with E-state index >= 15 is 0 Å². The minimum absolute atomic E-state index is 0.100. The molecule has 0 spiro atoms. The van der Waals surface area contributed by atoms with Crippen molar-refractivity contribution in [1.29, 1.82) is 0 Å². The lowest BCUT2D eigenvalue weighted by Crippen LogP contribution is -2.30. The average Bonchev–Trinajstić information content (AvgIpc) is 4.26. The van der Waals surface area contributed by atoms with Gasteiger partial charge >= 0.3 is 17.9 Å². The molecule has 0 aromatic heterocycles. The first kappa shape index (κ1) is 57.8. The van der Waals surface area contributed by atoms with Crippen LogP contribution < -0.4 is 0 Å². The quantitative estimate of drug-likeness (QED) is 0.0193. The zero-order valence-corrected chi connectivity index (χ0v) is 42.5. The highest BCUT2D eigenvalue weighted by Gasteiger charge is 2.37. The molecule has 0 radical (unpaired) electrons. The summed E-state index contributed by atoms with van der Waals surface area (Å²) in [5.74, 6) is -0.946. The second-order valence-electron chi connectivity index (χ2n) is 19.6. The molecule has 3 rings (SSSR count). The van der Waals surface area contributed by atoms with Crippen molar-refractivity contribution >= 4 is 17.9 Å². The molecular formula is C57H98O9. The highest BCUT2D eigenvalue weighted by Crippen LogP contribution is 2.32. The number of esters is 3. The van der Waals surface area contributed by atoms with E-state index in [4.69, 9.17) is 28.4 Å². The van der Waals surface area contributed by atoms with Gasteiger partial charge in [-0.05, 0) is 96.3 Å². The summed E-state index contributed by atoms with van der Waals surface area (Å²) >= 11 is 0. The van der Waals surface area contributed by atoms with Crippen LogP contribution in [-0.2, 0) is 42.8 Å². The van der Waals surface area contributed by atoms with Crippen LogP contribution in [0.5, 0.6) is 0 Å². The SMILES string of the molecule is CCCCC[C@H]1O[C@@H]1C/C=C\CCCCCCCC(=O)OCC(COC(=O)CCCCCCC/C=C\C[C@H]1O[C@@H]1CCCCC)OC(=O)CCCCCCC/C=C\C[C@H]1O[C@@H]1CCCCC. The van der Waals surface area contributed by atoms with Crippen LogP contribution in [0.2, 0.25) is 0 Å². The van der Waals surface area contributed by atoms with Gasteiger partial charge in [0.25, 0.3) is 0 Å². The van der Waals surface area contributed by atoms with Crippen LogP contribution in [0.25, 0.3) is 0 Å². The highest BCUT2D eigenvalue weighted by molar-refractivity contribution is 5.71. The maximum atomic E-state index is 12.9. The maximum Gasteiger partial charge on any atom is 0.306 e. The third-order valence-corrected chi connectivity index (χ3v) is 13.4. The molecule has 3 saturated heterocycles. The summed E-state index contributed by atoms with van der Waals surface area (Å²) in [4.78, 5) is 38.2. The number of unbranched alkanes of at least 4 members (excludes halogenated alkanes) is 21. The Hall–Kier alpha value is -2.49. The van der Waals surface area contributed by atoms with Gasteiger partial charge in [0.1, 0.15) is 13.2 Å². The van der Waals surface area contributed by atoms with Crippen molar-refractivity contribution in [3.05, 3.63) is 36.5 Å². The average molecular weight is 927 g/mol. The molecular weight excluding hydrogens is 829 g/mol. The fraction of sp³-hybridized carbons (Fsp3) is 0.842. The lowest BCUT2D eigenvalue weighted by Gasteiger charge is -2.18.